The summed E-state index contributed by atoms with van der Waals surface area (Å²) < 4.78 is 83.8. The van der Waals surface area contributed by atoms with Crippen LogP contribution in [0.4, 0.5) is 32.2 Å². The molecule has 2 aromatic heterocycles. The van der Waals surface area contributed by atoms with E-state index in [1.54, 1.807) is 0 Å². The molecule has 14 heteroatoms. The average Bonchev–Trinajstić information content (AvgIpc) is 3.20. The van der Waals surface area contributed by atoms with Gasteiger partial charge in [0.1, 0.15) is 17.1 Å². The van der Waals surface area contributed by atoms with Crippen molar-refractivity contribution in [2.45, 2.75) is 51.3 Å². The average molecular weight is 580 g/mol. The second kappa shape index (κ2) is 10.6. The van der Waals surface area contributed by atoms with E-state index in [2.05, 4.69) is 25.0 Å². The lowest BCUT2D eigenvalue weighted by atomic mass is 9.80. The molecule has 2 N–H and O–H groups in total. The van der Waals surface area contributed by atoms with Gasteiger partial charge in [-0.15, -0.1) is 13.2 Å². The Morgan fingerprint density at radius 3 is 2.37 bits per heavy atom. The van der Waals surface area contributed by atoms with Crippen LogP contribution < -0.4 is 10.1 Å². The van der Waals surface area contributed by atoms with Gasteiger partial charge in [-0.3, -0.25) is 0 Å². The van der Waals surface area contributed by atoms with E-state index in [4.69, 9.17) is 0 Å². The van der Waals surface area contributed by atoms with Crippen molar-refractivity contribution in [3.63, 3.8) is 0 Å². The van der Waals surface area contributed by atoms with E-state index >= 15 is 0 Å². The van der Waals surface area contributed by atoms with Crippen LogP contribution in [0.25, 0.3) is 22.6 Å². The number of nitrogens with one attached hydrogen (secondary N) is 1. The van der Waals surface area contributed by atoms with Crippen molar-refractivity contribution in [1.29, 1.82) is 0 Å². The number of imidazole rings is 1. The van der Waals surface area contributed by atoms with E-state index in [1.807, 2.05) is 6.92 Å². The molecule has 2 aromatic carbocycles. The van der Waals surface area contributed by atoms with Gasteiger partial charge in [-0.25, -0.2) is 19.7 Å². The molecule has 1 atom stereocenters. The van der Waals surface area contributed by atoms with Crippen molar-refractivity contribution < 1.29 is 41.0 Å². The zero-order valence-corrected chi connectivity index (χ0v) is 21.4. The van der Waals surface area contributed by atoms with Crippen LogP contribution in [0.1, 0.15) is 47.9 Å². The van der Waals surface area contributed by atoms with Crippen molar-refractivity contribution in [3.8, 4) is 17.1 Å². The van der Waals surface area contributed by atoms with Crippen LogP contribution in [-0.4, -0.2) is 43.0 Å². The largest absolute Gasteiger partial charge is 0.573 e. The molecule has 2 heterocycles. The summed E-state index contributed by atoms with van der Waals surface area (Å²) in [7, 11) is 0. The van der Waals surface area contributed by atoms with Gasteiger partial charge in [-0.05, 0) is 55.5 Å². The normalized spacial score (nSPS) is 15.0. The molecule has 41 heavy (non-hydrogen) atoms. The highest BCUT2D eigenvalue weighted by molar-refractivity contribution is 5.92. The van der Waals surface area contributed by atoms with E-state index in [0.717, 1.165) is 43.5 Å². The summed E-state index contributed by atoms with van der Waals surface area (Å²) in [6.45, 7) is 1.85. The Hall–Kier alpha value is -4.36. The molecule has 0 amide bonds. The number of carbonyl (C=O) groups is 1. The van der Waals surface area contributed by atoms with Crippen molar-refractivity contribution in [3.05, 3.63) is 65.5 Å². The molecule has 1 aliphatic carbocycles. The van der Waals surface area contributed by atoms with Crippen LogP contribution in [0.5, 0.6) is 5.75 Å². The number of carboxylic acids is 1. The molecule has 216 valence electrons. The second-order valence-corrected chi connectivity index (χ2v) is 9.79. The fourth-order valence-corrected chi connectivity index (χ4v) is 4.69. The van der Waals surface area contributed by atoms with Crippen molar-refractivity contribution in [2.75, 3.05) is 5.32 Å². The standard InChI is InChI=1S/C27H23F6N5O3/c1-14(16-4-2-5-16)34-21-20-22(36-23(35-21)25(39)40)37-24(17-6-3-7-19(12-17)41-27(31,32)33)38(20)13-15-8-10-18(11-9-15)26(28,29)30/h3,6-12,14,16H,2,4-5,13H2,1H3,(H,39,40)(H,34,35,36)/t14-/m1/s1. The molecular formula is C27H23F6N5O3. The molecule has 1 aliphatic rings. The Bertz CT molecular complexity index is 1580. The summed E-state index contributed by atoms with van der Waals surface area (Å²) in [5, 5.41) is 12.9. The van der Waals surface area contributed by atoms with Crippen LogP contribution in [-0.2, 0) is 12.7 Å². The zero-order chi connectivity index (χ0) is 29.5. The van der Waals surface area contributed by atoms with Crippen LogP contribution in [0.15, 0.2) is 48.5 Å². The van der Waals surface area contributed by atoms with Gasteiger partial charge in [0.2, 0.25) is 5.82 Å². The Balaban J connectivity index is 1.68. The highest BCUT2D eigenvalue weighted by atomic mass is 19.4. The van der Waals surface area contributed by atoms with Crippen molar-refractivity contribution >= 4 is 23.0 Å². The van der Waals surface area contributed by atoms with Gasteiger partial charge in [0.15, 0.2) is 11.5 Å². The minimum atomic E-state index is -4.95. The summed E-state index contributed by atoms with van der Waals surface area (Å²) in [5.41, 5.74) is -0.0591. The lowest BCUT2D eigenvalue weighted by molar-refractivity contribution is -0.274. The van der Waals surface area contributed by atoms with Gasteiger partial charge in [-0.2, -0.15) is 13.2 Å². The number of benzene rings is 2. The van der Waals surface area contributed by atoms with Crippen LogP contribution >= 0.6 is 0 Å². The Morgan fingerprint density at radius 1 is 1.07 bits per heavy atom. The quantitative estimate of drug-likeness (QED) is 0.223. The minimum Gasteiger partial charge on any atom is -0.475 e. The third kappa shape index (κ3) is 6.20. The van der Waals surface area contributed by atoms with Crippen molar-refractivity contribution in [2.24, 2.45) is 5.92 Å². The molecule has 0 radical (unpaired) electrons. The SMILES string of the molecule is C[C@@H](Nc1nc(C(=O)O)nc2nc(-c3cccc(OC(F)(F)F)c3)n(Cc3ccc(C(F)(F)F)cc3)c12)C1CCC1. The fourth-order valence-electron chi connectivity index (χ4n) is 4.69. The molecule has 0 unspecified atom stereocenters. The third-order valence-electron chi connectivity index (χ3n) is 6.96. The van der Waals surface area contributed by atoms with Crippen LogP contribution in [0.2, 0.25) is 0 Å². The first-order valence-electron chi connectivity index (χ1n) is 12.6. The predicted molar refractivity (Wildman–Crippen MR) is 135 cm³/mol. The van der Waals surface area contributed by atoms with E-state index in [-0.39, 0.29) is 41.0 Å². The molecule has 1 fully saturated rings. The predicted octanol–water partition coefficient (Wildman–Crippen LogP) is 6.76. The monoisotopic (exact) mass is 579 g/mol. The third-order valence-corrected chi connectivity index (χ3v) is 6.96. The molecule has 1 saturated carbocycles. The molecule has 4 aromatic rings. The number of ether oxygens (including phenoxy) is 1. The number of hydrogen-bond acceptors (Lipinski definition) is 6. The van der Waals surface area contributed by atoms with Gasteiger partial charge in [0.05, 0.1) is 5.56 Å². The van der Waals surface area contributed by atoms with Gasteiger partial charge in [-0.1, -0.05) is 30.7 Å². The first kappa shape index (κ1) is 28.2. The maximum atomic E-state index is 13.1. The first-order chi connectivity index (χ1) is 19.3. The van der Waals surface area contributed by atoms with Gasteiger partial charge in [0, 0.05) is 18.2 Å². The first-order valence-corrected chi connectivity index (χ1v) is 12.6. The molecule has 0 bridgehead atoms. The van der Waals surface area contributed by atoms with E-state index in [0.29, 0.717) is 11.5 Å². The lowest BCUT2D eigenvalue weighted by Crippen LogP contribution is -2.31. The number of anilines is 1. The number of rotatable bonds is 8. The highest BCUT2D eigenvalue weighted by Crippen LogP contribution is 2.35. The number of nitrogens with zero attached hydrogens (tertiary/aromatic N) is 4. The van der Waals surface area contributed by atoms with Gasteiger partial charge in [0.25, 0.3) is 0 Å². The smallest absolute Gasteiger partial charge is 0.475 e. The number of aromatic carboxylic acids is 1. The van der Waals surface area contributed by atoms with E-state index in [9.17, 15) is 36.2 Å². The molecule has 5 rings (SSSR count). The summed E-state index contributed by atoms with van der Waals surface area (Å²) in [5.74, 6) is -1.93. The number of halogens is 6. The number of fused-ring (bicyclic) bond motifs is 1. The summed E-state index contributed by atoms with van der Waals surface area (Å²) in [6, 6.07) is 9.29. The van der Waals surface area contributed by atoms with Crippen LogP contribution in [0.3, 0.4) is 0 Å². The highest BCUT2D eigenvalue weighted by Gasteiger charge is 2.32. The molecule has 0 spiro atoms. The van der Waals surface area contributed by atoms with Gasteiger partial charge >= 0.3 is 18.5 Å². The molecule has 0 saturated heterocycles. The summed E-state index contributed by atoms with van der Waals surface area (Å²) in [4.78, 5) is 24.5. The Labute approximate surface area is 229 Å². The van der Waals surface area contributed by atoms with Crippen molar-refractivity contribution in [1.82, 2.24) is 19.5 Å². The maximum absolute atomic E-state index is 13.1. The van der Waals surface area contributed by atoms with E-state index < -0.39 is 35.6 Å². The van der Waals surface area contributed by atoms with E-state index in [1.165, 1.54) is 28.8 Å². The Morgan fingerprint density at radius 2 is 1.78 bits per heavy atom. The number of hydrogen-bond donors (Lipinski definition) is 2. The summed E-state index contributed by atoms with van der Waals surface area (Å²) >= 11 is 0. The topological polar surface area (TPSA) is 102 Å². The second-order valence-electron chi connectivity index (χ2n) is 9.79. The maximum Gasteiger partial charge on any atom is 0.573 e. The fraction of sp³-hybridized carbons (Fsp3) is 0.333. The Kier molecular flexibility index (Phi) is 7.26. The minimum absolute atomic E-state index is 0.0511. The lowest BCUT2D eigenvalue weighted by Gasteiger charge is -2.32. The molecular weight excluding hydrogens is 556 g/mol. The number of aromatic nitrogens is 4. The zero-order valence-electron chi connectivity index (χ0n) is 21.4. The van der Waals surface area contributed by atoms with Gasteiger partial charge < -0.3 is 19.7 Å². The number of carboxylic acid groups (broad SMARTS) is 1. The molecule has 0 aliphatic heterocycles. The van der Waals surface area contributed by atoms with Crippen LogP contribution in [0, 0.1) is 5.92 Å². The molecule has 8 nitrogen and oxygen atoms in total. The summed E-state index contributed by atoms with van der Waals surface area (Å²) in [6.07, 6.45) is -6.50. The number of alkyl halides is 6.